The molecule has 0 spiro atoms. The number of likely N-dealkylation sites (N-methyl/N-ethyl adjacent to an activating group) is 1. The van der Waals surface area contributed by atoms with Crippen LogP contribution >= 0.6 is 11.3 Å². The van der Waals surface area contributed by atoms with Crippen molar-refractivity contribution in [2.24, 2.45) is 4.99 Å². The zero-order valence-electron chi connectivity index (χ0n) is 18.4. The summed E-state index contributed by atoms with van der Waals surface area (Å²) in [7, 11) is 5.93. The Hall–Kier alpha value is -2.09. The predicted molar refractivity (Wildman–Crippen MR) is 127 cm³/mol. The highest BCUT2D eigenvalue weighted by Crippen LogP contribution is 2.27. The van der Waals surface area contributed by atoms with Crippen LogP contribution < -0.4 is 15.4 Å². The van der Waals surface area contributed by atoms with Crippen LogP contribution in [0.5, 0.6) is 5.75 Å². The molecule has 1 aliphatic heterocycles. The number of rotatable bonds is 10. The first-order chi connectivity index (χ1) is 14.7. The number of benzene rings is 1. The average Bonchev–Trinajstić information content (AvgIpc) is 3.45. The van der Waals surface area contributed by atoms with Crippen LogP contribution in [0.4, 0.5) is 0 Å². The average molecular weight is 430 g/mol. The monoisotopic (exact) mass is 429 g/mol. The highest BCUT2D eigenvalue weighted by molar-refractivity contribution is 7.10. The van der Waals surface area contributed by atoms with Gasteiger partial charge < -0.3 is 20.3 Å². The summed E-state index contributed by atoms with van der Waals surface area (Å²) in [6.07, 6.45) is 2.59. The van der Waals surface area contributed by atoms with Crippen LogP contribution in [0.2, 0.25) is 0 Å². The number of hydrogen-bond acceptors (Lipinski definition) is 5. The Morgan fingerprint density at radius 3 is 2.73 bits per heavy atom. The van der Waals surface area contributed by atoms with Gasteiger partial charge >= 0.3 is 0 Å². The molecule has 2 aromatic rings. The summed E-state index contributed by atoms with van der Waals surface area (Å²) in [5.41, 5.74) is 1.18. The Balaban J connectivity index is 1.50. The van der Waals surface area contributed by atoms with E-state index in [9.17, 15) is 0 Å². The van der Waals surface area contributed by atoms with Gasteiger partial charge in [-0.1, -0.05) is 18.2 Å². The van der Waals surface area contributed by atoms with Crippen molar-refractivity contribution in [3.05, 3.63) is 52.2 Å². The zero-order chi connectivity index (χ0) is 21.2. The van der Waals surface area contributed by atoms with Gasteiger partial charge in [-0.25, -0.2) is 0 Å². The van der Waals surface area contributed by atoms with Crippen molar-refractivity contribution in [2.75, 3.05) is 53.9 Å². The standard InChI is InChI=1S/C23H35N5OS/c1-24-23(25-17-19-8-6-9-20(16-19)29-14-13-27(2)3)26-18-21(22-10-7-15-30-22)28-11-4-5-12-28/h6-10,15-16,21H,4-5,11-14,17-18H2,1-3H3,(H2,24,25,26). The molecule has 1 atom stereocenters. The van der Waals surface area contributed by atoms with Crippen molar-refractivity contribution in [3.63, 3.8) is 0 Å². The Morgan fingerprint density at radius 1 is 1.20 bits per heavy atom. The lowest BCUT2D eigenvalue weighted by Crippen LogP contribution is -2.42. The first-order valence-electron chi connectivity index (χ1n) is 10.7. The molecule has 1 aromatic heterocycles. The quantitative estimate of drug-likeness (QED) is 0.449. The SMILES string of the molecule is CN=C(NCc1cccc(OCCN(C)C)c1)NCC(c1cccs1)N1CCCC1. The van der Waals surface area contributed by atoms with E-state index in [0.29, 0.717) is 19.2 Å². The van der Waals surface area contributed by atoms with Crippen LogP contribution in [-0.4, -0.2) is 69.7 Å². The van der Waals surface area contributed by atoms with Gasteiger partial charge in [-0.05, 0) is 69.2 Å². The van der Waals surface area contributed by atoms with Gasteiger partial charge in [-0.15, -0.1) is 11.3 Å². The third-order valence-corrected chi connectivity index (χ3v) is 6.28. The molecule has 2 heterocycles. The van der Waals surface area contributed by atoms with E-state index >= 15 is 0 Å². The van der Waals surface area contributed by atoms with Crippen molar-refractivity contribution in [1.29, 1.82) is 0 Å². The maximum Gasteiger partial charge on any atom is 0.191 e. The summed E-state index contributed by atoms with van der Waals surface area (Å²) in [5, 5.41) is 9.14. The minimum atomic E-state index is 0.402. The highest BCUT2D eigenvalue weighted by atomic mass is 32.1. The van der Waals surface area contributed by atoms with Crippen LogP contribution in [0.3, 0.4) is 0 Å². The van der Waals surface area contributed by atoms with Crippen LogP contribution in [0.25, 0.3) is 0 Å². The second kappa shape index (κ2) is 11.9. The number of nitrogens with one attached hydrogen (secondary N) is 2. The molecule has 7 heteroatoms. The molecule has 1 unspecified atom stereocenters. The number of likely N-dealkylation sites (tertiary alicyclic amines) is 1. The van der Waals surface area contributed by atoms with E-state index in [1.165, 1.54) is 36.4 Å². The highest BCUT2D eigenvalue weighted by Gasteiger charge is 2.24. The van der Waals surface area contributed by atoms with Gasteiger partial charge in [0.25, 0.3) is 0 Å². The van der Waals surface area contributed by atoms with E-state index in [2.05, 4.69) is 69.2 Å². The van der Waals surface area contributed by atoms with E-state index in [4.69, 9.17) is 4.74 Å². The fourth-order valence-electron chi connectivity index (χ4n) is 3.63. The van der Waals surface area contributed by atoms with Crippen LogP contribution in [0, 0.1) is 0 Å². The second-order valence-electron chi connectivity index (χ2n) is 7.88. The van der Waals surface area contributed by atoms with Crippen LogP contribution in [-0.2, 0) is 6.54 Å². The summed E-state index contributed by atoms with van der Waals surface area (Å²) in [5.74, 6) is 1.74. The Bertz CT molecular complexity index is 772. The normalized spacial score (nSPS) is 16.1. The van der Waals surface area contributed by atoms with E-state index < -0.39 is 0 Å². The molecule has 2 N–H and O–H groups in total. The Labute approximate surface area is 184 Å². The van der Waals surface area contributed by atoms with Crippen molar-refractivity contribution in [3.8, 4) is 5.75 Å². The van der Waals surface area contributed by atoms with Crippen molar-refractivity contribution in [1.82, 2.24) is 20.4 Å². The third-order valence-electron chi connectivity index (χ3n) is 5.31. The predicted octanol–water partition coefficient (Wildman–Crippen LogP) is 3.19. The van der Waals surface area contributed by atoms with E-state index in [-0.39, 0.29) is 0 Å². The van der Waals surface area contributed by atoms with Gasteiger partial charge in [-0.3, -0.25) is 9.89 Å². The summed E-state index contributed by atoms with van der Waals surface area (Å²) in [6, 6.07) is 13.0. The minimum absolute atomic E-state index is 0.402. The maximum absolute atomic E-state index is 5.85. The number of thiophene rings is 1. The number of guanidine groups is 1. The summed E-state index contributed by atoms with van der Waals surface area (Å²) < 4.78 is 5.85. The minimum Gasteiger partial charge on any atom is -0.492 e. The Morgan fingerprint density at radius 2 is 2.03 bits per heavy atom. The first-order valence-corrected chi connectivity index (χ1v) is 11.6. The largest absolute Gasteiger partial charge is 0.492 e. The third kappa shape index (κ3) is 7.00. The van der Waals surface area contributed by atoms with Crippen LogP contribution in [0.15, 0.2) is 46.8 Å². The molecule has 1 aromatic carbocycles. The van der Waals surface area contributed by atoms with Crippen molar-refractivity contribution < 1.29 is 4.74 Å². The second-order valence-corrected chi connectivity index (χ2v) is 8.86. The molecule has 0 aliphatic carbocycles. The van der Waals surface area contributed by atoms with Crippen molar-refractivity contribution in [2.45, 2.75) is 25.4 Å². The number of nitrogens with zero attached hydrogens (tertiary/aromatic N) is 3. The number of aliphatic imine (C=N–C) groups is 1. The molecule has 1 saturated heterocycles. The molecule has 1 aliphatic rings. The fourth-order valence-corrected chi connectivity index (χ4v) is 4.50. The molecule has 1 fully saturated rings. The maximum atomic E-state index is 5.85. The smallest absolute Gasteiger partial charge is 0.191 e. The molecule has 6 nitrogen and oxygen atoms in total. The lowest BCUT2D eigenvalue weighted by atomic mass is 10.2. The van der Waals surface area contributed by atoms with Gasteiger partial charge in [-0.2, -0.15) is 0 Å². The zero-order valence-corrected chi connectivity index (χ0v) is 19.3. The molecule has 3 rings (SSSR count). The molecule has 30 heavy (non-hydrogen) atoms. The van der Waals surface area contributed by atoms with Crippen LogP contribution in [0.1, 0.15) is 29.3 Å². The van der Waals surface area contributed by atoms with Crippen molar-refractivity contribution >= 4 is 17.3 Å². The molecule has 0 saturated carbocycles. The lowest BCUT2D eigenvalue weighted by molar-refractivity contribution is 0.249. The molecule has 0 bridgehead atoms. The molecular formula is C23H35N5OS. The van der Waals surface area contributed by atoms with E-state index in [1.54, 1.807) is 0 Å². The van der Waals surface area contributed by atoms with Gasteiger partial charge in [0.2, 0.25) is 0 Å². The number of ether oxygens (including phenoxy) is 1. The number of hydrogen-bond donors (Lipinski definition) is 2. The molecule has 164 valence electrons. The Kier molecular flexibility index (Phi) is 8.99. The van der Waals surface area contributed by atoms with E-state index in [0.717, 1.165) is 24.8 Å². The summed E-state index contributed by atoms with van der Waals surface area (Å²) in [4.78, 5) is 10.5. The topological polar surface area (TPSA) is 52.1 Å². The molecule has 0 amide bonds. The van der Waals surface area contributed by atoms with Gasteiger partial charge in [0.05, 0.1) is 6.04 Å². The summed E-state index contributed by atoms with van der Waals surface area (Å²) >= 11 is 1.84. The van der Waals surface area contributed by atoms with Gasteiger partial charge in [0.1, 0.15) is 12.4 Å². The fraction of sp³-hybridized carbons (Fsp3) is 0.522. The first kappa shape index (κ1) is 22.6. The van der Waals surface area contributed by atoms with Gasteiger partial charge in [0, 0.05) is 31.6 Å². The van der Waals surface area contributed by atoms with E-state index in [1.807, 2.05) is 30.5 Å². The van der Waals surface area contributed by atoms with Gasteiger partial charge in [0.15, 0.2) is 5.96 Å². The molecule has 0 radical (unpaired) electrons. The molecular weight excluding hydrogens is 394 g/mol. The summed E-state index contributed by atoms with van der Waals surface area (Å²) in [6.45, 7) is 5.51. The lowest BCUT2D eigenvalue weighted by Gasteiger charge is -2.27.